The highest BCUT2D eigenvalue weighted by atomic mass is 14.2. The van der Waals surface area contributed by atoms with E-state index in [0.29, 0.717) is 0 Å². The minimum atomic E-state index is 0.183. The van der Waals surface area contributed by atoms with Crippen molar-refractivity contribution in [3.8, 4) is 0 Å². The molecular formula is C38H34. The maximum atomic E-state index is 2.32. The van der Waals surface area contributed by atoms with Gasteiger partial charge in [-0.25, -0.2) is 0 Å². The van der Waals surface area contributed by atoms with E-state index in [1.54, 1.807) is 0 Å². The molecule has 0 saturated carbocycles. The summed E-state index contributed by atoms with van der Waals surface area (Å²) in [7, 11) is 0. The zero-order valence-corrected chi connectivity index (χ0v) is 22.4. The highest BCUT2D eigenvalue weighted by Crippen LogP contribution is 2.32. The lowest BCUT2D eigenvalue weighted by Gasteiger charge is -2.21. The van der Waals surface area contributed by atoms with Gasteiger partial charge >= 0.3 is 0 Å². The lowest BCUT2D eigenvalue weighted by molar-refractivity contribution is 0.596. The molecule has 0 radical (unpaired) electrons. The first-order valence-electron chi connectivity index (χ1n) is 13.3. The van der Waals surface area contributed by atoms with E-state index in [1.807, 2.05) is 0 Å². The summed E-state index contributed by atoms with van der Waals surface area (Å²) in [6.07, 6.45) is 0. The predicted molar refractivity (Wildman–Crippen MR) is 168 cm³/mol. The van der Waals surface area contributed by atoms with Crippen molar-refractivity contribution in [2.24, 2.45) is 0 Å². The fourth-order valence-corrected chi connectivity index (χ4v) is 4.89. The van der Waals surface area contributed by atoms with Gasteiger partial charge in [0.1, 0.15) is 0 Å². The summed E-state index contributed by atoms with van der Waals surface area (Å²) < 4.78 is 0. The zero-order valence-electron chi connectivity index (χ0n) is 22.4. The van der Waals surface area contributed by atoms with Crippen LogP contribution in [0.1, 0.15) is 26.3 Å². The third-order valence-corrected chi connectivity index (χ3v) is 6.87. The Morgan fingerprint density at radius 1 is 0.316 bits per heavy atom. The lowest BCUT2D eigenvalue weighted by Crippen LogP contribution is -2.11. The van der Waals surface area contributed by atoms with Crippen molar-refractivity contribution in [3.05, 3.63) is 157 Å². The topological polar surface area (TPSA) is 0 Å². The Labute approximate surface area is 226 Å². The SMILES string of the molecule is CC(C)(C)c1cccc2cc3ccccc3cc12.c1ccc2ccccc2c1.c1ccc2ccccc2c1. The van der Waals surface area contributed by atoms with Gasteiger partial charge in [0.15, 0.2) is 0 Å². The Bertz CT molecular complexity index is 1600. The fraction of sp³-hybridized carbons (Fsp3) is 0.105. The van der Waals surface area contributed by atoms with E-state index >= 15 is 0 Å². The molecule has 0 aliphatic heterocycles. The Kier molecular flexibility index (Phi) is 7.52. The number of benzene rings is 7. The van der Waals surface area contributed by atoms with Crippen LogP contribution < -0.4 is 0 Å². The molecular weight excluding hydrogens is 456 g/mol. The van der Waals surface area contributed by atoms with Crippen LogP contribution in [0.4, 0.5) is 0 Å². The molecule has 0 bridgehead atoms. The highest BCUT2D eigenvalue weighted by molar-refractivity contribution is 6.00. The quantitative estimate of drug-likeness (QED) is 0.185. The van der Waals surface area contributed by atoms with Gasteiger partial charge in [-0.2, -0.15) is 0 Å². The van der Waals surface area contributed by atoms with Crippen molar-refractivity contribution in [2.45, 2.75) is 26.2 Å². The van der Waals surface area contributed by atoms with Crippen LogP contribution in [0.25, 0.3) is 43.1 Å². The second-order valence-corrected chi connectivity index (χ2v) is 10.7. The van der Waals surface area contributed by atoms with Crippen molar-refractivity contribution in [1.29, 1.82) is 0 Å². The first-order chi connectivity index (χ1) is 18.5. The molecule has 7 rings (SSSR count). The van der Waals surface area contributed by atoms with E-state index in [0.717, 1.165) is 0 Å². The normalized spacial score (nSPS) is 11.0. The van der Waals surface area contributed by atoms with Crippen LogP contribution in [0.2, 0.25) is 0 Å². The second-order valence-electron chi connectivity index (χ2n) is 10.7. The van der Waals surface area contributed by atoms with Crippen LogP contribution in [0.15, 0.2) is 152 Å². The van der Waals surface area contributed by atoms with Crippen LogP contribution in [-0.4, -0.2) is 0 Å². The Hall–Kier alpha value is -4.42. The van der Waals surface area contributed by atoms with Crippen molar-refractivity contribution in [2.75, 3.05) is 0 Å². The standard InChI is InChI=1S/C18H18.2C10H8/c1-18(2,3)17-10-6-9-15-11-13-7-4-5-8-14(13)12-16(15)17;2*1-2-6-10-8-4-3-7-9(10)5-1/h4-12H,1-3H3;2*1-8H. The maximum absolute atomic E-state index is 2.32. The summed E-state index contributed by atoms with van der Waals surface area (Å²) in [5.74, 6) is 0. The second kappa shape index (κ2) is 11.3. The first kappa shape index (κ1) is 25.2. The third kappa shape index (κ3) is 5.93. The first-order valence-corrected chi connectivity index (χ1v) is 13.3. The average molecular weight is 491 g/mol. The number of rotatable bonds is 0. The summed E-state index contributed by atoms with van der Waals surface area (Å²) >= 11 is 0. The molecule has 0 heteroatoms. The molecule has 7 aromatic rings. The van der Waals surface area contributed by atoms with E-state index in [-0.39, 0.29) is 5.41 Å². The van der Waals surface area contributed by atoms with Crippen molar-refractivity contribution >= 4 is 43.1 Å². The molecule has 0 aliphatic rings. The predicted octanol–water partition coefficient (Wildman–Crippen LogP) is 11.0. The highest BCUT2D eigenvalue weighted by Gasteiger charge is 2.16. The van der Waals surface area contributed by atoms with E-state index in [2.05, 4.69) is 172 Å². The molecule has 38 heavy (non-hydrogen) atoms. The van der Waals surface area contributed by atoms with E-state index < -0.39 is 0 Å². The molecule has 0 saturated heterocycles. The van der Waals surface area contributed by atoms with Gasteiger partial charge in [0, 0.05) is 0 Å². The number of fused-ring (bicyclic) bond motifs is 4. The fourth-order valence-electron chi connectivity index (χ4n) is 4.89. The van der Waals surface area contributed by atoms with Gasteiger partial charge in [-0.3, -0.25) is 0 Å². The number of hydrogen-bond acceptors (Lipinski definition) is 0. The van der Waals surface area contributed by atoms with E-state index in [4.69, 9.17) is 0 Å². The van der Waals surface area contributed by atoms with Gasteiger partial charge in [0.25, 0.3) is 0 Å². The maximum Gasteiger partial charge on any atom is -0.0126 e. The molecule has 0 nitrogen and oxygen atoms in total. The molecule has 0 aliphatic carbocycles. The molecule has 0 spiro atoms. The molecule has 0 atom stereocenters. The van der Waals surface area contributed by atoms with Gasteiger partial charge in [-0.15, -0.1) is 0 Å². The summed E-state index contributed by atoms with van der Waals surface area (Å²) in [6, 6.07) is 53.2. The largest absolute Gasteiger partial charge is 0.0616 e. The molecule has 0 aromatic heterocycles. The summed E-state index contributed by atoms with van der Waals surface area (Å²) in [6.45, 7) is 6.82. The molecule has 186 valence electrons. The average Bonchev–Trinajstić information content (AvgIpc) is 2.96. The minimum Gasteiger partial charge on any atom is -0.0616 e. The Balaban J connectivity index is 0.000000125. The van der Waals surface area contributed by atoms with Crippen molar-refractivity contribution in [1.82, 2.24) is 0 Å². The van der Waals surface area contributed by atoms with Gasteiger partial charge in [0.2, 0.25) is 0 Å². The lowest BCUT2D eigenvalue weighted by atomic mass is 9.83. The molecule has 0 N–H and O–H groups in total. The Morgan fingerprint density at radius 2 is 0.632 bits per heavy atom. The summed E-state index contributed by atoms with van der Waals surface area (Å²) in [5.41, 5.74) is 1.60. The molecule has 0 unspecified atom stereocenters. The molecule has 0 fully saturated rings. The monoisotopic (exact) mass is 490 g/mol. The number of hydrogen-bond donors (Lipinski definition) is 0. The minimum absolute atomic E-state index is 0.183. The van der Waals surface area contributed by atoms with Gasteiger partial charge in [-0.05, 0) is 66.2 Å². The van der Waals surface area contributed by atoms with E-state index in [1.165, 1.54) is 48.7 Å². The van der Waals surface area contributed by atoms with Crippen molar-refractivity contribution in [3.63, 3.8) is 0 Å². The molecule has 0 amide bonds. The van der Waals surface area contributed by atoms with Gasteiger partial charge in [0.05, 0.1) is 0 Å². The third-order valence-electron chi connectivity index (χ3n) is 6.87. The molecule has 0 heterocycles. The Morgan fingerprint density at radius 3 is 1.00 bits per heavy atom. The van der Waals surface area contributed by atoms with Crippen LogP contribution in [0.3, 0.4) is 0 Å². The van der Waals surface area contributed by atoms with Gasteiger partial charge in [-0.1, -0.05) is 160 Å². The van der Waals surface area contributed by atoms with Crippen LogP contribution in [0.5, 0.6) is 0 Å². The van der Waals surface area contributed by atoms with Crippen LogP contribution in [-0.2, 0) is 5.41 Å². The van der Waals surface area contributed by atoms with Crippen LogP contribution in [0, 0.1) is 0 Å². The molecule has 7 aromatic carbocycles. The van der Waals surface area contributed by atoms with Gasteiger partial charge < -0.3 is 0 Å². The summed E-state index contributed by atoms with van der Waals surface area (Å²) in [5, 5.41) is 10.6. The van der Waals surface area contributed by atoms with Crippen LogP contribution >= 0.6 is 0 Å². The van der Waals surface area contributed by atoms with E-state index in [9.17, 15) is 0 Å². The zero-order chi connectivity index (χ0) is 26.4. The smallest absolute Gasteiger partial charge is 0.0126 e. The van der Waals surface area contributed by atoms with Crippen molar-refractivity contribution < 1.29 is 0 Å². The summed E-state index contributed by atoms with van der Waals surface area (Å²) in [4.78, 5) is 0.